The van der Waals surface area contributed by atoms with Crippen LogP contribution in [0.2, 0.25) is 0 Å². The summed E-state index contributed by atoms with van der Waals surface area (Å²) in [6.45, 7) is 4.05. The molecule has 0 N–H and O–H groups in total. The molecule has 0 aliphatic carbocycles. The van der Waals surface area contributed by atoms with Crippen molar-refractivity contribution in [2.75, 3.05) is 7.11 Å². The second-order valence-corrected chi connectivity index (χ2v) is 4.24. The first-order valence-electron chi connectivity index (χ1n) is 6.24. The van der Waals surface area contributed by atoms with Crippen molar-refractivity contribution < 1.29 is 9.53 Å². The van der Waals surface area contributed by atoms with Gasteiger partial charge < -0.3 is 4.74 Å². The number of pyridine rings is 1. The number of unbranched alkanes of at least 4 members (excludes halogenated alkanes) is 3. The van der Waals surface area contributed by atoms with E-state index in [2.05, 4.69) is 11.9 Å². The minimum Gasteiger partial charge on any atom is -0.465 e. The number of esters is 1. The monoisotopic (exact) mass is 235 g/mol. The number of carbonyl (C=O) groups is 1. The third kappa shape index (κ3) is 4.17. The molecular weight excluding hydrogens is 214 g/mol. The summed E-state index contributed by atoms with van der Waals surface area (Å²) < 4.78 is 4.69. The van der Waals surface area contributed by atoms with E-state index in [-0.39, 0.29) is 5.97 Å². The summed E-state index contributed by atoms with van der Waals surface area (Å²) in [6, 6.07) is 3.73. The Morgan fingerprint density at radius 2 is 2.06 bits per heavy atom. The van der Waals surface area contributed by atoms with Gasteiger partial charge in [-0.1, -0.05) is 26.2 Å². The first-order chi connectivity index (χ1) is 8.19. The van der Waals surface area contributed by atoms with Crippen LogP contribution in [0, 0.1) is 6.92 Å². The summed E-state index contributed by atoms with van der Waals surface area (Å²) in [4.78, 5) is 15.8. The highest BCUT2D eigenvalue weighted by Crippen LogP contribution is 2.11. The molecule has 0 unspecified atom stereocenters. The van der Waals surface area contributed by atoms with Crippen LogP contribution >= 0.6 is 0 Å². The van der Waals surface area contributed by atoms with Crippen LogP contribution < -0.4 is 0 Å². The van der Waals surface area contributed by atoms with Gasteiger partial charge in [0.1, 0.15) is 0 Å². The lowest BCUT2D eigenvalue weighted by Crippen LogP contribution is -2.06. The number of hydrogen-bond acceptors (Lipinski definition) is 3. The van der Waals surface area contributed by atoms with Crippen molar-refractivity contribution in [3.8, 4) is 0 Å². The average Bonchev–Trinajstić information content (AvgIpc) is 2.34. The lowest BCUT2D eigenvalue weighted by Gasteiger charge is -2.06. The molecule has 1 rings (SSSR count). The Balaban J connectivity index is 2.59. The molecule has 3 heteroatoms. The van der Waals surface area contributed by atoms with Crippen LogP contribution in [0.1, 0.15) is 54.4 Å². The Kier molecular flexibility index (Phi) is 5.67. The van der Waals surface area contributed by atoms with Crippen LogP contribution in [0.25, 0.3) is 0 Å². The summed E-state index contributed by atoms with van der Waals surface area (Å²) in [6.07, 6.45) is 5.92. The summed E-state index contributed by atoms with van der Waals surface area (Å²) in [5.41, 5.74) is 2.38. The van der Waals surface area contributed by atoms with Gasteiger partial charge in [0.2, 0.25) is 0 Å². The average molecular weight is 235 g/mol. The van der Waals surface area contributed by atoms with Crippen LogP contribution in [0.4, 0.5) is 0 Å². The second kappa shape index (κ2) is 7.05. The normalized spacial score (nSPS) is 10.3. The van der Waals surface area contributed by atoms with Crippen LogP contribution in [0.15, 0.2) is 12.1 Å². The topological polar surface area (TPSA) is 39.2 Å². The highest BCUT2D eigenvalue weighted by molar-refractivity contribution is 5.90. The van der Waals surface area contributed by atoms with Gasteiger partial charge in [0.25, 0.3) is 0 Å². The lowest BCUT2D eigenvalue weighted by atomic mass is 10.1. The molecule has 0 spiro atoms. The summed E-state index contributed by atoms with van der Waals surface area (Å²) in [5, 5.41) is 0. The molecule has 0 bridgehead atoms. The van der Waals surface area contributed by atoms with Gasteiger partial charge in [0.05, 0.1) is 18.4 Å². The summed E-state index contributed by atoms with van der Waals surface area (Å²) >= 11 is 0. The Morgan fingerprint density at radius 1 is 1.29 bits per heavy atom. The van der Waals surface area contributed by atoms with Crippen molar-refractivity contribution in [3.63, 3.8) is 0 Å². The third-order valence-corrected chi connectivity index (χ3v) is 2.84. The maximum atomic E-state index is 11.4. The van der Waals surface area contributed by atoms with Crippen LogP contribution in [0.3, 0.4) is 0 Å². The highest BCUT2D eigenvalue weighted by atomic mass is 16.5. The predicted molar refractivity (Wildman–Crippen MR) is 68.2 cm³/mol. The largest absolute Gasteiger partial charge is 0.465 e. The molecule has 3 nitrogen and oxygen atoms in total. The number of ether oxygens (including phenoxy) is 1. The molecule has 0 amide bonds. The lowest BCUT2D eigenvalue weighted by molar-refractivity contribution is 0.0599. The van der Waals surface area contributed by atoms with Crippen molar-refractivity contribution in [2.24, 2.45) is 0 Å². The van der Waals surface area contributed by atoms with E-state index in [1.807, 2.05) is 19.1 Å². The quantitative estimate of drug-likeness (QED) is 0.561. The minimum atomic E-state index is -0.312. The molecule has 0 atom stereocenters. The number of carbonyl (C=O) groups excluding carboxylic acids is 1. The van der Waals surface area contributed by atoms with E-state index in [1.165, 1.54) is 26.4 Å². The Morgan fingerprint density at radius 3 is 2.65 bits per heavy atom. The zero-order chi connectivity index (χ0) is 12.7. The number of hydrogen-bond donors (Lipinski definition) is 0. The number of rotatable bonds is 6. The van der Waals surface area contributed by atoms with E-state index >= 15 is 0 Å². The van der Waals surface area contributed by atoms with Crippen molar-refractivity contribution in [1.29, 1.82) is 0 Å². The fourth-order valence-electron chi connectivity index (χ4n) is 1.81. The first-order valence-corrected chi connectivity index (χ1v) is 6.24. The molecule has 0 saturated heterocycles. The van der Waals surface area contributed by atoms with E-state index in [0.29, 0.717) is 5.56 Å². The van der Waals surface area contributed by atoms with Crippen LogP contribution in [0.5, 0.6) is 0 Å². The fourth-order valence-corrected chi connectivity index (χ4v) is 1.81. The highest BCUT2D eigenvalue weighted by Gasteiger charge is 2.10. The molecule has 0 radical (unpaired) electrons. The van der Waals surface area contributed by atoms with Crippen molar-refractivity contribution in [3.05, 3.63) is 29.1 Å². The molecule has 17 heavy (non-hydrogen) atoms. The standard InChI is InChI=1S/C14H21NO2/c1-4-5-6-7-8-12-9-10-13(11(2)15-12)14(16)17-3/h9-10H,4-8H2,1-3H3. The molecule has 1 heterocycles. The summed E-state index contributed by atoms with van der Waals surface area (Å²) in [7, 11) is 1.39. The molecule has 0 saturated carbocycles. The van der Waals surface area contributed by atoms with E-state index in [9.17, 15) is 4.79 Å². The van der Waals surface area contributed by atoms with Gasteiger partial charge in [-0.3, -0.25) is 4.98 Å². The zero-order valence-corrected chi connectivity index (χ0v) is 11.0. The van der Waals surface area contributed by atoms with Gasteiger partial charge in [-0.05, 0) is 31.9 Å². The van der Waals surface area contributed by atoms with Gasteiger partial charge in [0, 0.05) is 5.69 Å². The van der Waals surface area contributed by atoms with Gasteiger partial charge in [-0.2, -0.15) is 0 Å². The van der Waals surface area contributed by atoms with Gasteiger partial charge in [-0.15, -0.1) is 0 Å². The van der Waals surface area contributed by atoms with Crippen molar-refractivity contribution in [1.82, 2.24) is 4.98 Å². The van der Waals surface area contributed by atoms with Crippen molar-refractivity contribution in [2.45, 2.75) is 46.0 Å². The summed E-state index contributed by atoms with van der Waals surface area (Å²) in [5.74, 6) is -0.312. The SMILES string of the molecule is CCCCCCc1ccc(C(=O)OC)c(C)n1. The molecule has 1 aromatic rings. The molecule has 94 valence electrons. The van der Waals surface area contributed by atoms with E-state index < -0.39 is 0 Å². The molecule has 0 aromatic carbocycles. The van der Waals surface area contributed by atoms with E-state index in [4.69, 9.17) is 4.74 Å². The molecule has 0 aliphatic heterocycles. The smallest absolute Gasteiger partial charge is 0.339 e. The Bertz CT molecular complexity index is 374. The van der Waals surface area contributed by atoms with Crippen LogP contribution in [-0.4, -0.2) is 18.1 Å². The van der Waals surface area contributed by atoms with Crippen LogP contribution in [-0.2, 0) is 11.2 Å². The molecule has 0 fully saturated rings. The fraction of sp³-hybridized carbons (Fsp3) is 0.571. The maximum Gasteiger partial charge on any atom is 0.339 e. The third-order valence-electron chi connectivity index (χ3n) is 2.84. The first kappa shape index (κ1) is 13.7. The number of methoxy groups -OCH3 is 1. The maximum absolute atomic E-state index is 11.4. The molecule has 1 aromatic heterocycles. The van der Waals surface area contributed by atoms with Crippen molar-refractivity contribution >= 4 is 5.97 Å². The molecule has 0 aliphatic rings. The number of aromatic nitrogens is 1. The minimum absolute atomic E-state index is 0.312. The second-order valence-electron chi connectivity index (χ2n) is 4.24. The molecular formula is C14H21NO2. The van der Waals surface area contributed by atoms with E-state index in [1.54, 1.807) is 0 Å². The van der Waals surface area contributed by atoms with Gasteiger partial charge in [0.15, 0.2) is 0 Å². The zero-order valence-electron chi connectivity index (χ0n) is 11.0. The van der Waals surface area contributed by atoms with Gasteiger partial charge in [-0.25, -0.2) is 4.79 Å². The van der Waals surface area contributed by atoms with Gasteiger partial charge >= 0.3 is 5.97 Å². The Hall–Kier alpha value is -1.38. The predicted octanol–water partition coefficient (Wildman–Crippen LogP) is 3.30. The number of nitrogens with zero attached hydrogens (tertiary/aromatic N) is 1. The van der Waals surface area contributed by atoms with E-state index in [0.717, 1.165) is 24.2 Å². The Labute approximate surface area is 103 Å². The number of aryl methyl sites for hydroxylation is 2.